The lowest BCUT2D eigenvalue weighted by Crippen LogP contribution is -2.44. The van der Waals surface area contributed by atoms with Gasteiger partial charge in [-0.1, -0.05) is 13.8 Å². The molecule has 0 aliphatic carbocycles. The Bertz CT molecular complexity index is 567. The van der Waals surface area contributed by atoms with E-state index in [0.29, 0.717) is 12.0 Å². The van der Waals surface area contributed by atoms with Crippen molar-refractivity contribution in [1.82, 2.24) is 15.5 Å². The van der Waals surface area contributed by atoms with Crippen LogP contribution in [0.4, 0.5) is 0 Å². The van der Waals surface area contributed by atoms with Gasteiger partial charge in [0.1, 0.15) is 11.5 Å². The van der Waals surface area contributed by atoms with Crippen LogP contribution in [0.15, 0.2) is 23.2 Å². The Morgan fingerprint density at radius 3 is 2.50 bits per heavy atom. The molecule has 2 N–H and O–H groups in total. The van der Waals surface area contributed by atoms with Gasteiger partial charge in [-0.25, -0.2) is 0 Å². The highest BCUT2D eigenvalue weighted by molar-refractivity contribution is 5.80. The molecule has 1 aliphatic heterocycles. The summed E-state index contributed by atoms with van der Waals surface area (Å²) in [5.41, 5.74) is 1.21. The minimum atomic E-state index is 0.424. The lowest BCUT2D eigenvalue weighted by atomic mass is 10.1. The highest BCUT2D eigenvalue weighted by Gasteiger charge is 2.23. The first kappa shape index (κ1) is 20.4. The molecule has 6 nitrogen and oxygen atoms in total. The van der Waals surface area contributed by atoms with Crippen molar-refractivity contribution in [3.8, 4) is 11.5 Å². The lowest BCUT2D eigenvalue weighted by Gasteiger charge is -2.19. The molecule has 0 bridgehead atoms. The first-order valence-corrected chi connectivity index (χ1v) is 9.45. The van der Waals surface area contributed by atoms with Crippen LogP contribution in [0.5, 0.6) is 11.5 Å². The second kappa shape index (κ2) is 10.3. The summed E-state index contributed by atoms with van der Waals surface area (Å²) in [5.74, 6) is 3.27. The number of aliphatic imine (C=N–C) groups is 1. The van der Waals surface area contributed by atoms with Crippen LogP contribution in [0.1, 0.15) is 32.3 Å². The van der Waals surface area contributed by atoms with Gasteiger partial charge >= 0.3 is 0 Å². The molecule has 1 aromatic carbocycles. The summed E-state index contributed by atoms with van der Waals surface area (Å²) in [5, 5.41) is 6.96. The Hall–Kier alpha value is -1.95. The number of methoxy groups -OCH3 is 2. The van der Waals surface area contributed by atoms with Crippen molar-refractivity contribution in [2.75, 3.05) is 40.9 Å². The van der Waals surface area contributed by atoms with Crippen molar-refractivity contribution in [2.45, 2.75) is 39.3 Å². The Morgan fingerprint density at radius 2 is 1.92 bits per heavy atom. The van der Waals surface area contributed by atoms with E-state index in [2.05, 4.69) is 46.5 Å². The van der Waals surface area contributed by atoms with E-state index in [-0.39, 0.29) is 0 Å². The van der Waals surface area contributed by atoms with Gasteiger partial charge in [0.2, 0.25) is 0 Å². The molecule has 26 heavy (non-hydrogen) atoms. The zero-order valence-corrected chi connectivity index (χ0v) is 16.8. The van der Waals surface area contributed by atoms with Gasteiger partial charge in [-0.15, -0.1) is 0 Å². The normalized spacial score (nSPS) is 18.2. The molecule has 2 rings (SSSR count). The van der Waals surface area contributed by atoms with Gasteiger partial charge < -0.3 is 20.1 Å². The topological polar surface area (TPSA) is 58.1 Å². The molecular weight excluding hydrogens is 328 g/mol. The van der Waals surface area contributed by atoms with Crippen LogP contribution in [0, 0.1) is 5.92 Å². The summed E-state index contributed by atoms with van der Waals surface area (Å²) in [7, 11) is 5.21. The molecule has 1 heterocycles. The average Bonchev–Trinajstić information content (AvgIpc) is 3.06. The molecule has 1 saturated heterocycles. The monoisotopic (exact) mass is 362 g/mol. The Labute approximate surface area is 158 Å². The van der Waals surface area contributed by atoms with Crippen molar-refractivity contribution in [1.29, 1.82) is 0 Å². The average molecular weight is 363 g/mol. The van der Waals surface area contributed by atoms with Gasteiger partial charge in [0, 0.05) is 45.3 Å². The van der Waals surface area contributed by atoms with Crippen LogP contribution in [0.25, 0.3) is 0 Å². The first-order valence-electron chi connectivity index (χ1n) is 9.45. The van der Waals surface area contributed by atoms with Gasteiger partial charge in [-0.2, -0.15) is 0 Å². The van der Waals surface area contributed by atoms with Gasteiger partial charge in [0.15, 0.2) is 5.96 Å². The van der Waals surface area contributed by atoms with Crippen molar-refractivity contribution < 1.29 is 9.47 Å². The fourth-order valence-electron chi connectivity index (χ4n) is 3.18. The Kier molecular flexibility index (Phi) is 8.04. The molecule has 0 aromatic heterocycles. The van der Waals surface area contributed by atoms with E-state index in [0.717, 1.165) is 56.5 Å². The second-order valence-corrected chi connectivity index (χ2v) is 7.27. The molecule has 1 atom stereocenters. The van der Waals surface area contributed by atoms with Crippen molar-refractivity contribution in [3.63, 3.8) is 0 Å². The van der Waals surface area contributed by atoms with E-state index in [1.54, 1.807) is 14.2 Å². The van der Waals surface area contributed by atoms with Crippen molar-refractivity contribution >= 4 is 5.96 Å². The maximum Gasteiger partial charge on any atom is 0.191 e. The zero-order valence-electron chi connectivity index (χ0n) is 16.8. The van der Waals surface area contributed by atoms with Crippen molar-refractivity contribution in [3.05, 3.63) is 23.8 Å². The summed E-state index contributed by atoms with van der Waals surface area (Å²) in [6.45, 7) is 8.40. The number of nitrogens with zero attached hydrogens (tertiary/aromatic N) is 2. The Balaban J connectivity index is 1.84. The van der Waals surface area contributed by atoms with Crippen LogP contribution < -0.4 is 20.1 Å². The summed E-state index contributed by atoms with van der Waals surface area (Å²) in [6, 6.07) is 6.49. The number of hydrogen-bond acceptors (Lipinski definition) is 4. The van der Waals surface area contributed by atoms with E-state index >= 15 is 0 Å². The minimum Gasteiger partial charge on any atom is -0.497 e. The fraction of sp³-hybridized carbons (Fsp3) is 0.650. The van der Waals surface area contributed by atoms with E-state index in [1.807, 2.05) is 13.1 Å². The Morgan fingerprint density at radius 1 is 1.23 bits per heavy atom. The van der Waals surface area contributed by atoms with Gasteiger partial charge in [-0.05, 0) is 36.5 Å². The summed E-state index contributed by atoms with van der Waals surface area (Å²) in [4.78, 5) is 6.80. The van der Waals surface area contributed by atoms with Crippen LogP contribution in [0.2, 0.25) is 0 Å². The largest absolute Gasteiger partial charge is 0.497 e. The number of guanidine groups is 1. The van der Waals surface area contributed by atoms with Crippen LogP contribution in [0.3, 0.4) is 0 Å². The third kappa shape index (κ3) is 6.41. The second-order valence-electron chi connectivity index (χ2n) is 7.27. The number of likely N-dealkylation sites (tertiary alicyclic amines) is 1. The number of benzene rings is 1. The molecule has 6 heteroatoms. The SMILES string of the molecule is CN=C(NCCC(C)C)NC1CCN(Cc2cc(OC)cc(OC)c2)C1. The van der Waals surface area contributed by atoms with Crippen molar-refractivity contribution in [2.24, 2.45) is 10.9 Å². The van der Waals surface area contributed by atoms with Crippen LogP contribution in [-0.2, 0) is 6.54 Å². The smallest absolute Gasteiger partial charge is 0.191 e. The third-order valence-corrected chi connectivity index (χ3v) is 4.67. The predicted molar refractivity (Wildman–Crippen MR) is 107 cm³/mol. The van der Waals surface area contributed by atoms with Gasteiger partial charge in [-0.3, -0.25) is 9.89 Å². The molecule has 146 valence electrons. The molecule has 1 fully saturated rings. The lowest BCUT2D eigenvalue weighted by molar-refractivity contribution is 0.321. The maximum absolute atomic E-state index is 5.37. The highest BCUT2D eigenvalue weighted by atomic mass is 16.5. The van der Waals surface area contributed by atoms with Crippen LogP contribution in [-0.4, -0.2) is 57.8 Å². The molecule has 1 aliphatic rings. The van der Waals surface area contributed by atoms with Gasteiger partial charge in [0.25, 0.3) is 0 Å². The fourth-order valence-corrected chi connectivity index (χ4v) is 3.18. The summed E-state index contributed by atoms with van der Waals surface area (Å²) >= 11 is 0. The third-order valence-electron chi connectivity index (χ3n) is 4.67. The molecule has 1 aromatic rings. The summed E-state index contributed by atoms with van der Waals surface area (Å²) in [6.07, 6.45) is 2.27. The zero-order chi connectivity index (χ0) is 18.9. The van der Waals surface area contributed by atoms with E-state index < -0.39 is 0 Å². The van der Waals surface area contributed by atoms with E-state index in [9.17, 15) is 0 Å². The minimum absolute atomic E-state index is 0.424. The maximum atomic E-state index is 5.37. The quantitative estimate of drug-likeness (QED) is 0.550. The van der Waals surface area contributed by atoms with E-state index in [4.69, 9.17) is 9.47 Å². The number of rotatable bonds is 8. The molecule has 0 radical (unpaired) electrons. The highest BCUT2D eigenvalue weighted by Crippen LogP contribution is 2.24. The van der Waals surface area contributed by atoms with E-state index in [1.165, 1.54) is 5.56 Å². The number of hydrogen-bond donors (Lipinski definition) is 2. The predicted octanol–water partition coefficient (Wildman–Crippen LogP) is 2.49. The molecule has 0 amide bonds. The standard InChI is InChI=1S/C20H34N4O2/c1-15(2)6-8-22-20(21-3)23-17-7-9-24(14-17)13-16-10-18(25-4)12-19(11-16)26-5/h10-12,15,17H,6-9,13-14H2,1-5H3,(H2,21,22,23). The molecule has 1 unspecified atom stereocenters. The molecule has 0 spiro atoms. The first-order chi connectivity index (χ1) is 12.5. The molecule has 0 saturated carbocycles. The molecular formula is C20H34N4O2. The number of nitrogens with one attached hydrogen (secondary N) is 2. The van der Waals surface area contributed by atoms with Crippen LogP contribution >= 0.6 is 0 Å². The number of ether oxygens (including phenoxy) is 2. The van der Waals surface area contributed by atoms with Gasteiger partial charge in [0.05, 0.1) is 14.2 Å². The summed E-state index contributed by atoms with van der Waals surface area (Å²) < 4.78 is 10.7.